The van der Waals surface area contributed by atoms with E-state index in [4.69, 9.17) is 14.7 Å². The van der Waals surface area contributed by atoms with E-state index in [0.717, 1.165) is 32.8 Å². The molecule has 6 nitrogen and oxygen atoms in total. The molecule has 124 valence electrons. The molecule has 3 heterocycles. The van der Waals surface area contributed by atoms with Crippen LogP contribution in [0, 0.1) is 0 Å². The van der Waals surface area contributed by atoms with Crippen LogP contribution in [0.2, 0.25) is 0 Å². The number of ether oxygens (including phenoxy) is 1. The molecule has 2 aromatic carbocycles. The number of benzene rings is 2. The van der Waals surface area contributed by atoms with E-state index < -0.39 is 5.97 Å². The summed E-state index contributed by atoms with van der Waals surface area (Å²) < 4.78 is 4.80. The smallest absolute Gasteiger partial charge is 0.337 e. The Labute approximate surface area is 147 Å². The summed E-state index contributed by atoms with van der Waals surface area (Å²) in [6.07, 6.45) is 3.49. The highest BCUT2D eigenvalue weighted by atomic mass is 16.5. The number of methoxy groups -OCH3 is 1. The fourth-order valence-corrected chi connectivity index (χ4v) is 3.24. The number of nitrogens with zero attached hydrogens (tertiary/aromatic N) is 4. The molecule has 0 saturated heterocycles. The molecular formula is C20H12N4O2. The number of pyridine rings is 2. The van der Waals surface area contributed by atoms with Gasteiger partial charge in [-0.25, -0.2) is 14.8 Å². The first-order valence-corrected chi connectivity index (χ1v) is 8.07. The van der Waals surface area contributed by atoms with Gasteiger partial charge in [0, 0.05) is 23.2 Å². The minimum absolute atomic E-state index is 0.400. The average molecular weight is 340 g/mol. The van der Waals surface area contributed by atoms with Gasteiger partial charge >= 0.3 is 5.97 Å². The van der Waals surface area contributed by atoms with Crippen LogP contribution in [-0.2, 0) is 4.74 Å². The number of carbonyl (C=O) groups excluding carboxylic acids is 1. The molecule has 0 saturated carbocycles. The molecular weight excluding hydrogens is 328 g/mol. The average Bonchev–Trinajstić information content (AvgIpc) is 2.71. The zero-order valence-corrected chi connectivity index (χ0v) is 13.8. The van der Waals surface area contributed by atoms with Crippen LogP contribution >= 0.6 is 0 Å². The molecule has 0 aliphatic carbocycles. The molecule has 0 bridgehead atoms. The predicted octanol–water partition coefficient (Wildman–Crippen LogP) is 3.67. The molecule has 0 radical (unpaired) electrons. The van der Waals surface area contributed by atoms with Crippen LogP contribution in [0.1, 0.15) is 10.4 Å². The number of hydrogen-bond donors (Lipinski definition) is 0. The summed E-state index contributed by atoms with van der Waals surface area (Å²) in [7, 11) is 1.36. The molecule has 5 aromatic rings. The van der Waals surface area contributed by atoms with Gasteiger partial charge in [-0.1, -0.05) is 0 Å². The third-order valence-electron chi connectivity index (χ3n) is 4.44. The van der Waals surface area contributed by atoms with Crippen molar-refractivity contribution in [2.75, 3.05) is 7.11 Å². The fourth-order valence-electron chi connectivity index (χ4n) is 3.24. The topological polar surface area (TPSA) is 77.9 Å². The molecule has 6 heteroatoms. The lowest BCUT2D eigenvalue weighted by molar-refractivity contribution is 0.0601. The minimum atomic E-state index is -0.400. The molecule has 26 heavy (non-hydrogen) atoms. The highest BCUT2D eigenvalue weighted by Crippen LogP contribution is 2.31. The highest BCUT2D eigenvalue weighted by molar-refractivity contribution is 6.21. The molecule has 0 fully saturated rings. The second-order valence-corrected chi connectivity index (χ2v) is 5.92. The van der Waals surface area contributed by atoms with Crippen LogP contribution in [0.5, 0.6) is 0 Å². The maximum Gasteiger partial charge on any atom is 0.337 e. The van der Waals surface area contributed by atoms with Crippen LogP contribution in [0.15, 0.2) is 54.9 Å². The summed E-state index contributed by atoms with van der Waals surface area (Å²) in [4.78, 5) is 30.4. The van der Waals surface area contributed by atoms with E-state index >= 15 is 0 Å². The van der Waals surface area contributed by atoms with E-state index in [2.05, 4.69) is 9.97 Å². The number of hydrogen-bond acceptors (Lipinski definition) is 6. The molecule has 0 unspecified atom stereocenters. The largest absolute Gasteiger partial charge is 0.465 e. The lowest BCUT2D eigenvalue weighted by Gasteiger charge is -2.09. The SMILES string of the molecule is COC(=O)c1ccc2nc3c4cccnc4c4ncccc4c3nc2c1. The summed E-state index contributed by atoms with van der Waals surface area (Å²) in [5.41, 5.74) is 4.88. The lowest BCUT2D eigenvalue weighted by atomic mass is 10.1. The summed E-state index contributed by atoms with van der Waals surface area (Å²) >= 11 is 0. The van der Waals surface area contributed by atoms with Crippen molar-refractivity contribution in [3.63, 3.8) is 0 Å². The number of rotatable bonds is 1. The summed E-state index contributed by atoms with van der Waals surface area (Å²) in [5, 5.41) is 1.78. The van der Waals surface area contributed by atoms with Crippen molar-refractivity contribution in [1.29, 1.82) is 0 Å². The van der Waals surface area contributed by atoms with Gasteiger partial charge in [0.05, 0.1) is 45.8 Å². The van der Waals surface area contributed by atoms with Crippen molar-refractivity contribution >= 4 is 49.8 Å². The van der Waals surface area contributed by atoms with Crippen LogP contribution in [0.25, 0.3) is 43.9 Å². The highest BCUT2D eigenvalue weighted by Gasteiger charge is 2.14. The molecule has 0 spiro atoms. The third-order valence-corrected chi connectivity index (χ3v) is 4.44. The first-order chi connectivity index (χ1) is 12.8. The van der Waals surface area contributed by atoms with E-state index in [0.29, 0.717) is 16.6 Å². The molecule has 0 aliphatic rings. The van der Waals surface area contributed by atoms with Gasteiger partial charge in [0.2, 0.25) is 0 Å². The summed E-state index contributed by atoms with van der Waals surface area (Å²) in [6, 6.07) is 12.9. The van der Waals surface area contributed by atoms with Crippen molar-refractivity contribution in [3.05, 3.63) is 60.4 Å². The van der Waals surface area contributed by atoms with E-state index in [1.165, 1.54) is 7.11 Å². The van der Waals surface area contributed by atoms with E-state index in [1.807, 2.05) is 24.3 Å². The zero-order chi connectivity index (χ0) is 17.7. The Bertz CT molecular complexity index is 1350. The van der Waals surface area contributed by atoms with Crippen LogP contribution in [0.4, 0.5) is 0 Å². The summed E-state index contributed by atoms with van der Waals surface area (Å²) in [6.45, 7) is 0. The fraction of sp³-hybridized carbons (Fsp3) is 0.0500. The summed E-state index contributed by atoms with van der Waals surface area (Å²) in [5.74, 6) is -0.400. The van der Waals surface area contributed by atoms with Gasteiger partial charge < -0.3 is 4.74 Å². The van der Waals surface area contributed by atoms with Gasteiger partial charge in [0.25, 0.3) is 0 Å². The van der Waals surface area contributed by atoms with E-state index in [-0.39, 0.29) is 0 Å². The maximum absolute atomic E-state index is 11.8. The molecule has 0 aliphatic heterocycles. The Morgan fingerprint density at radius 2 is 1.42 bits per heavy atom. The molecule has 5 rings (SSSR count). The Balaban J connectivity index is 1.98. The van der Waals surface area contributed by atoms with Crippen LogP contribution in [0.3, 0.4) is 0 Å². The first kappa shape index (κ1) is 14.7. The Hall–Kier alpha value is -3.67. The van der Waals surface area contributed by atoms with Gasteiger partial charge in [-0.3, -0.25) is 9.97 Å². The van der Waals surface area contributed by atoms with E-state index in [1.54, 1.807) is 30.6 Å². The van der Waals surface area contributed by atoms with Gasteiger partial charge in [-0.2, -0.15) is 0 Å². The quantitative estimate of drug-likeness (QED) is 0.263. The first-order valence-electron chi connectivity index (χ1n) is 8.07. The van der Waals surface area contributed by atoms with Gasteiger partial charge in [0.15, 0.2) is 0 Å². The van der Waals surface area contributed by atoms with Gasteiger partial charge in [-0.15, -0.1) is 0 Å². The van der Waals surface area contributed by atoms with Crippen molar-refractivity contribution in [3.8, 4) is 0 Å². The van der Waals surface area contributed by atoms with Crippen molar-refractivity contribution < 1.29 is 9.53 Å². The normalized spacial score (nSPS) is 11.4. The Kier molecular flexibility index (Phi) is 3.05. The van der Waals surface area contributed by atoms with Crippen molar-refractivity contribution in [1.82, 2.24) is 19.9 Å². The monoisotopic (exact) mass is 340 g/mol. The van der Waals surface area contributed by atoms with Crippen LogP contribution in [-0.4, -0.2) is 33.0 Å². The predicted molar refractivity (Wildman–Crippen MR) is 99.0 cm³/mol. The van der Waals surface area contributed by atoms with Gasteiger partial charge in [0.1, 0.15) is 0 Å². The van der Waals surface area contributed by atoms with Crippen LogP contribution < -0.4 is 0 Å². The number of carbonyl (C=O) groups is 1. The van der Waals surface area contributed by atoms with Gasteiger partial charge in [-0.05, 0) is 42.5 Å². The third kappa shape index (κ3) is 2.02. The molecule has 0 N–H and O–H groups in total. The molecule has 0 amide bonds. The zero-order valence-electron chi connectivity index (χ0n) is 13.8. The van der Waals surface area contributed by atoms with Crippen molar-refractivity contribution in [2.24, 2.45) is 0 Å². The maximum atomic E-state index is 11.8. The number of esters is 1. The number of fused-ring (bicyclic) bond motifs is 7. The van der Waals surface area contributed by atoms with Crippen molar-refractivity contribution in [2.45, 2.75) is 0 Å². The minimum Gasteiger partial charge on any atom is -0.465 e. The number of aromatic nitrogens is 4. The lowest BCUT2D eigenvalue weighted by Crippen LogP contribution is -2.01. The van der Waals surface area contributed by atoms with E-state index in [9.17, 15) is 4.79 Å². The Morgan fingerprint density at radius 3 is 2.04 bits per heavy atom. The second-order valence-electron chi connectivity index (χ2n) is 5.92. The molecule has 0 atom stereocenters. The Morgan fingerprint density at radius 1 is 0.808 bits per heavy atom. The standard InChI is InChI=1S/C20H12N4O2/c1-26-20(25)11-6-7-14-15(10-11)24-19-13-5-3-9-22-17(13)16-12(18(19)23-14)4-2-8-21-16/h2-10H,1H3. The molecule has 3 aromatic heterocycles. The second kappa shape index (κ2) is 5.42.